The maximum atomic E-state index is 13.6. The van der Waals surface area contributed by atoms with Crippen LogP contribution >= 0.6 is 11.3 Å². The van der Waals surface area contributed by atoms with Gasteiger partial charge in [0.1, 0.15) is 5.82 Å². The highest BCUT2D eigenvalue weighted by molar-refractivity contribution is 7.16. The minimum absolute atomic E-state index is 0.0588. The molecule has 0 aliphatic heterocycles. The van der Waals surface area contributed by atoms with Gasteiger partial charge < -0.3 is 10.1 Å². The first-order valence-corrected chi connectivity index (χ1v) is 8.61. The molecule has 0 aliphatic carbocycles. The topological polar surface area (TPSA) is 99.9 Å². The van der Waals surface area contributed by atoms with Crippen LogP contribution in [0.25, 0.3) is 0 Å². The van der Waals surface area contributed by atoms with Crippen molar-refractivity contribution in [1.82, 2.24) is 9.97 Å². The molecule has 0 bridgehead atoms. The Hall–Kier alpha value is -3.51. The van der Waals surface area contributed by atoms with E-state index >= 15 is 0 Å². The molecule has 9 heteroatoms. The molecule has 1 aromatic carbocycles. The summed E-state index contributed by atoms with van der Waals surface area (Å²) in [6.45, 7) is 3.55. The third kappa shape index (κ3) is 4.77. The summed E-state index contributed by atoms with van der Waals surface area (Å²) in [7, 11) is 0. The summed E-state index contributed by atoms with van der Waals surface area (Å²) in [6, 6.07) is 9.07. The number of benzene rings is 1. The number of hydrogen-bond acceptors (Lipinski definition) is 7. The average molecular weight is 383 g/mol. The summed E-state index contributed by atoms with van der Waals surface area (Å²) in [5.74, 6) is -0.491. The van der Waals surface area contributed by atoms with Crippen molar-refractivity contribution in [3.8, 4) is 11.9 Å². The van der Waals surface area contributed by atoms with E-state index in [0.29, 0.717) is 21.4 Å². The van der Waals surface area contributed by atoms with E-state index in [2.05, 4.69) is 20.6 Å². The number of rotatable bonds is 4. The number of pyridine rings is 1. The molecule has 0 atom stereocenters. The van der Waals surface area contributed by atoms with E-state index < -0.39 is 11.9 Å². The molecule has 0 saturated carbocycles. The zero-order valence-electron chi connectivity index (χ0n) is 14.4. The van der Waals surface area contributed by atoms with Gasteiger partial charge in [-0.15, -0.1) is 0 Å². The fourth-order valence-corrected chi connectivity index (χ4v) is 3.04. The molecular weight excluding hydrogens is 369 g/mol. The second kappa shape index (κ2) is 7.80. The van der Waals surface area contributed by atoms with Gasteiger partial charge in [0.25, 0.3) is 5.88 Å². The standard InChI is InChI=1S/C18H14FN5O2S/c1-10-5-14(3-4-21-10)24-18(25)26-16-17(27-11(2)22-16)23-15-7-12(9-20)6-13(19)8-15/h3-8,23H,1-2H3,(H,21,24,25). The smallest absolute Gasteiger partial charge is 0.388 e. The Morgan fingerprint density at radius 2 is 2.07 bits per heavy atom. The molecule has 1 amide bonds. The lowest BCUT2D eigenvalue weighted by Crippen LogP contribution is -2.17. The molecule has 7 nitrogen and oxygen atoms in total. The van der Waals surface area contributed by atoms with Gasteiger partial charge in [0.05, 0.1) is 16.6 Å². The lowest BCUT2D eigenvalue weighted by atomic mass is 10.2. The third-order valence-electron chi connectivity index (χ3n) is 3.32. The Morgan fingerprint density at radius 1 is 1.26 bits per heavy atom. The number of carbonyl (C=O) groups is 1. The van der Waals surface area contributed by atoms with Crippen LogP contribution in [0.5, 0.6) is 5.88 Å². The highest BCUT2D eigenvalue weighted by Crippen LogP contribution is 2.34. The van der Waals surface area contributed by atoms with Gasteiger partial charge >= 0.3 is 6.09 Å². The summed E-state index contributed by atoms with van der Waals surface area (Å²) in [6.07, 6.45) is 0.854. The lowest BCUT2D eigenvalue weighted by Gasteiger charge is -2.08. The first kappa shape index (κ1) is 18.3. The van der Waals surface area contributed by atoms with Crippen LogP contribution in [-0.4, -0.2) is 16.1 Å². The molecule has 136 valence electrons. The number of anilines is 3. The summed E-state index contributed by atoms with van der Waals surface area (Å²) >= 11 is 1.24. The Bertz CT molecular complexity index is 1040. The third-order valence-corrected chi connectivity index (χ3v) is 4.19. The van der Waals surface area contributed by atoms with E-state index in [1.807, 2.05) is 6.07 Å². The molecule has 2 N–H and O–H groups in total. The number of carbonyl (C=O) groups excluding carboxylic acids is 1. The van der Waals surface area contributed by atoms with Gasteiger partial charge in [0, 0.05) is 23.3 Å². The number of thiazole rings is 1. The van der Waals surface area contributed by atoms with Crippen LogP contribution in [0, 0.1) is 31.0 Å². The Balaban J connectivity index is 1.77. The molecular formula is C18H14FN5O2S. The summed E-state index contributed by atoms with van der Waals surface area (Å²) < 4.78 is 18.9. The van der Waals surface area contributed by atoms with Crippen LogP contribution in [0.1, 0.15) is 16.3 Å². The first-order valence-electron chi connectivity index (χ1n) is 7.79. The van der Waals surface area contributed by atoms with Gasteiger partial charge in [0.15, 0.2) is 5.00 Å². The number of nitrogens with zero attached hydrogens (tertiary/aromatic N) is 3. The number of amides is 1. The summed E-state index contributed by atoms with van der Waals surface area (Å²) in [5, 5.41) is 15.6. The van der Waals surface area contributed by atoms with Crippen LogP contribution < -0.4 is 15.4 Å². The quantitative estimate of drug-likeness (QED) is 0.687. The molecule has 2 aromatic heterocycles. The van der Waals surface area contributed by atoms with E-state index in [4.69, 9.17) is 10.00 Å². The van der Waals surface area contributed by atoms with Gasteiger partial charge in [-0.05, 0) is 44.2 Å². The number of hydrogen-bond donors (Lipinski definition) is 2. The van der Waals surface area contributed by atoms with E-state index in [1.54, 1.807) is 32.2 Å². The number of nitrogens with one attached hydrogen (secondary N) is 2. The highest BCUT2D eigenvalue weighted by atomic mass is 32.1. The van der Waals surface area contributed by atoms with Crippen molar-refractivity contribution in [3.63, 3.8) is 0 Å². The molecule has 0 saturated heterocycles. The SMILES string of the molecule is Cc1cc(NC(=O)Oc2nc(C)sc2Nc2cc(F)cc(C#N)c2)ccn1. The molecule has 0 fully saturated rings. The molecule has 27 heavy (non-hydrogen) atoms. The lowest BCUT2D eigenvalue weighted by molar-refractivity contribution is 0.214. The van der Waals surface area contributed by atoms with Gasteiger partial charge in [0.2, 0.25) is 0 Å². The highest BCUT2D eigenvalue weighted by Gasteiger charge is 2.16. The minimum atomic E-state index is -0.717. The number of nitriles is 1. The zero-order valence-corrected chi connectivity index (χ0v) is 15.2. The van der Waals surface area contributed by atoms with Gasteiger partial charge in [-0.2, -0.15) is 5.26 Å². The summed E-state index contributed by atoms with van der Waals surface area (Å²) in [4.78, 5) is 20.4. The largest absolute Gasteiger partial charge is 0.418 e. The Morgan fingerprint density at radius 3 is 2.81 bits per heavy atom. The van der Waals surface area contributed by atoms with Crippen molar-refractivity contribution in [2.75, 3.05) is 10.6 Å². The first-order chi connectivity index (χ1) is 12.9. The second-order valence-electron chi connectivity index (χ2n) is 5.53. The van der Waals surface area contributed by atoms with Crippen LogP contribution in [0.2, 0.25) is 0 Å². The zero-order chi connectivity index (χ0) is 19.4. The van der Waals surface area contributed by atoms with E-state index in [9.17, 15) is 9.18 Å². The van der Waals surface area contributed by atoms with Gasteiger partial charge in [-0.3, -0.25) is 10.3 Å². The molecule has 0 aliphatic rings. The van der Waals surface area contributed by atoms with E-state index in [-0.39, 0.29) is 11.4 Å². The van der Waals surface area contributed by atoms with Crippen molar-refractivity contribution in [3.05, 3.63) is 58.6 Å². The predicted octanol–water partition coefficient (Wildman–Crippen LogP) is 4.52. The number of ether oxygens (including phenoxy) is 1. The molecule has 3 rings (SSSR count). The number of aromatic nitrogens is 2. The molecule has 0 radical (unpaired) electrons. The van der Waals surface area contributed by atoms with Gasteiger partial charge in [-0.1, -0.05) is 11.3 Å². The van der Waals surface area contributed by atoms with Crippen LogP contribution in [-0.2, 0) is 0 Å². The van der Waals surface area contributed by atoms with Crippen LogP contribution in [0.3, 0.4) is 0 Å². The monoisotopic (exact) mass is 383 g/mol. The van der Waals surface area contributed by atoms with Crippen LogP contribution in [0.4, 0.5) is 25.6 Å². The molecule has 0 spiro atoms. The Labute approximate surface area is 158 Å². The van der Waals surface area contributed by atoms with Crippen molar-refractivity contribution in [2.45, 2.75) is 13.8 Å². The van der Waals surface area contributed by atoms with Crippen molar-refractivity contribution in [1.29, 1.82) is 5.26 Å². The molecule has 2 heterocycles. The van der Waals surface area contributed by atoms with Crippen LogP contribution in [0.15, 0.2) is 36.5 Å². The summed E-state index contributed by atoms with van der Waals surface area (Å²) in [5.41, 5.74) is 1.81. The van der Waals surface area contributed by atoms with E-state index in [1.165, 1.54) is 23.5 Å². The van der Waals surface area contributed by atoms with E-state index in [0.717, 1.165) is 11.8 Å². The minimum Gasteiger partial charge on any atom is -0.388 e. The van der Waals surface area contributed by atoms with Crippen molar-refractivity contribution in [2.24, 2.45) is 0 Å². The van der Waals surface area contributed by atoms with Crippen molar-refractivity contribution >= 4 is 33.8 Å². The molecule has 3 aromatic rings. The predicted molar refractivity (Wildman–Crippen MR) is 99.9 cm³/mol. The fourth-order valence-electron chi connectivity index (χ4n) is 2.27. The number of aryl methyl sites for hydroxylation is 2. The maximum absolute atomic E-state index is 13.6. The maximum Gasteiger partial charge on any atom is 0.418 e. The Kier molecular flexibility index (Phi) is 5.28. The molecule has 0 unspecified atom stereocenters. The average Bonchev–Trinajstić information content (AvgIpc) is 2.93. The van der Waals surface area contributed by atoms with Crippen molar-refractivity contribution < 1.29 is 13.9 Å². The van der Waals surface area contributed by atoms with Gasteiger partial charge in [-0.25, -0.2) is 14.2 Å². The second-order valence-corrected chi connectivity index (χ2v) is 6.74. The normalized spacial score (nSPS) is 10.1. The fraction of sp³-hybridized carbons (Fsp3) is 0.111. The number of halogens is 1.